The average Bonchev–Trinajstić information content (AvgIpc) is 2.29. The number of hydrogen-bond acceptors (Lipinski definition) is 4. The quantitative estimate of drug-likeness (QED) is 0.732. The summed E-state index contributed by atoms with van der Waals surface area (Å²) in [6.45, 7) is 3.45. The molecule has 0 aliphatic carbocycles. The molecule has 0 aromatic heterocycles. The minimum Gasteiger partial charge on any atom is -0.369 e. The van der Waals surface area contributed by atoms with Crippen molar-refractivity contribution in [2.75, 3.05) is 31.1 Å². The molecule has 1 aromatic carbocycles. The molecule has 1 fully saturated rings. The smallest absolute Gasteiger partial charge is 0.294 e. The van der Waals surface area contributed by atoms with Gasteiger partial charge in [-0.05, 0) is 18.2 Å². The Balaban J connectivity index is 2.28. The zero-order chi connectivity index (χ0) is 11.6. The van der Waals surface area contributed by atoms with Gasteiger partial charge in [0, 0.05) is 31.9 Å². The molecule has 1 aliphatic rings. The lowest BCUT2D eigenvalue weighted by atomic mass is 10.2. The van der Waals surface area contributed by atoms with E-state index in [9.17, 15) is 8.42 Å². The molecule has 0 amide bonds. The molecule has 0 spiro atoms. The molecule has 0 radical (unpaired) electrons. The molecule has 1 heterocycles. The zero-order valence-electron chi connectivity index (χ0n) is 8.76. The van der Waals surface area contributed by atoms with Crippen LogP contribution in [0.25, 0.3) is 0 Å². The van der Waals surface area contributed by atoms with Crippen LogP contribution in [0, 0.1) is 0 Å². The fourth-order valence-corrected chi connectivity index (χ4v) is 2.28. The molecule has 0 unspecified atom stereocenters. The average molecular weight is 242 g/mol. The molecule has 6 heteroatoms. The topological polar surface area (TPSA) is 69.6 Å². The molecule has 2 N–H and O–H groups in total. The Labute approximate surface area is 94.8 Å². The monoisotopic (exact) mass is 242 g/mol. The molecule has 0 atom stereocenters. The minimum absolute atomic E-state index is 0.0523. The van der Waals surface area contributed by atoms with Crippen molar-refractivity contribution in [1.29, 1.82) is 0 Å². The van der Waals surface area contributed by atoms with Crippen LogP contribution in [0.4, 0.5) is 5.69 Å². The number of nitrogens with one attached hydrogen (secondary N) is 1. The Morgan fingerprint density at radius 1 is 1.25 bits per heavy atom. The second-order valence-electron chi connectivity index (χ2n) is 3.71. The van der Waals surface area contributed by atoms with Gasteiger partial charge in [0.25, 0.3) is 10.1 Å². The fraction of sp³-hybridized carbons (Fsp3) is 0.400. The normalized spacial score (nSPS) is 17.4. The van der Waals surface area contributed by atoms with Crippen LogP contribution >= 0.6 is 0 Å². The first-order valence-corrected chi connectivity index (χ1v) is 6.54. The van der Waals surface area contributed by atoms with Gasteiger partial charge in [-0.3, -0.25) is 4.55 Å². The Bertz CT molecular complexity index is 467. The third-order valence-electron chi connectivity index (χ3n) is 2.60. The highest BCUT2D eigenvalue weighted by Crippen LogP contribution is 2.19. The summed E-state index contributed by atoms with van der Waals surface area (Å²) < 4.78 is 30.9. The van der Waals surface area contributed by atoms with Crippen molar-refractivity contribution in [3.05, 3.63) is 24.3 Å². The van der Waals surface area contributed by atoms with Crippen molar-refractivity contribution in [2.45, 2.75) is 4.90 Å². The largest absolute Gasteiger partial charge is 0.369 e. The lowest BCUT2D eigenvalue weighted by Crippen LogP contribution is -2.43. The van der Waals surface area contributed by atoms with Crippen molar-refractivity contribution in [3.8, 4) is 0 Å². The second-order valence-corrected chi connectivity index (χ2v) is 5.13. The summed E-state index contributed by atoms with van der Waals surface area (Å²) in [6.07, 6.45) is 0. The van der Waals surface area contributed by atoms with E-state index in [-0.39, 0.29) is 4.90 Å². The van der Waals surface area contributed by atoms with E-state index >= 15 is 0 Å². The van der Waals surface area contributed by atoms with Gasteiger partial charge in [-0.1, -0.05) is 6.07 Å². The standard InChI is InChI=1S/C10H14N2O3S/c13-16(14,15)10-3-1-2-9(8-10)12-6-4-11-5-7-12/h1-3,8,11H,4-7H2,(H,13,14,15). The molecule has 88 valence electrons. The summed E-state index contributed by atoms with van der Waals surface area (Å²) in [6, 6.07) is 6.38. The summed E-state index contributed by atoms with van der Waals surface area (Å²) in [5.74, 6) is 0. The van der Waals surface area contributed by atoms with E-state index in [0.717, 1.165) is 31.9 Å². The maximum absolute atomic E-state index is 11.0. The Morgan fingerprint density at radius 2 is 1.94 bits per heavy atom. The number of rotatable bonds is 2. The van der Waals surface area contributed by atoms with Crippen LogP contribution < -0.4 is 10.2 Å². The van der Waals surface area contributed by atoms with E-state index < -0.39 is 10.1 Å². The lowest BCUT2D eigenvalue weighted by molar-refractivity contribution is 0.483. The van der Waals surface area contributed by atoms with E-state index in [1.165, 1.54) is 12.1 Å². The van der Waals surface area contributed by atoms with Gasteiger partial charge in [0.1, 0.15) is 0 Å². The van der Waals surface area contributed by atoms with Crippen LogP contribution in [0.15, 0.2) is 29.2 Å². The molecule has 1 saturated heterocycles. The molecule has 1 aromatic rings. The highest BCUT2D eigenvalue weighted by molar-refractivity contribution is 7.85. The van der Waals surface area contributed by atoms with Crippen molar-refractivity contribution < 1.29 is 13.0 Å². The highest BCUT2D eigenvalue weighted by atomic mass is 32.2. The van der Waals surface area contributed by atoms with E-state index in [4.69, 9.17) is 4.55 Å². The zero-order valence-corrected chi connectivity index (χ0v) is 9.57. The highest BCUT2D eigenvalue weighted by Gasteiger charge is 2.14. The summed E-state index contributed by atoms with van der Waals surface area (Å²) in [4.78, 5) is 2.04. The fourth-order valence-electron chi connectivity index (χ4n) is 1.76. The SMILES string of the molecule is O=S(=O)(O)c1cccc(N2CCNCC2)c1. The van der Waals surface area contributed by atoms with E-state index in [1.807, 2.05) is 6.07 Å². The van der Waals surface area contributed by atoms with Crippen LogP contribution in [-0.4, -0.2) is 39.1 Å². The lowest BCUT2D eigenvalue weighted by Gasteiger charge is -2.29. The van der Waals surface area contributed by atoms with Crippen LogP contribution in [0.3, 0.4) is 0 Å². The van der Waals surface area contributed by atoms with Crippen LogP contribution in [0.1, 0.15) is 0 Å². The van der Waals surface area contributed by atoms with E-state index in [0.29, 0.717) is 0 Å². The number of benzene rings is 1. The Hall–Kier alpha value is -1.11. The number of nitrogens with zero attached hydrogens (tertiary/aromatic N) is 1. The number of anilines is 1. The summed E-state index contributed by atoms with van der Waals surface area (Å²) in [5, 5.41) is 3.22. The Morgan fingerprint density at radius 3 is 2.56 bits per heavy atom. The predicted molar refractivity (Wildman–Crippen MR) is 61.3 cm³/mol. The first-order chi connectivity index (χ1) is 7.57. The van der Waals surface area contributed by atoms with Gasteiger partial charge in [-0.15, -0.1) is 0 Å². The van der Waals surface area contributed by atoms with Gasteiger partial charge >= 0.3 is 0 Å². The van der Waals surface area contributed by atoms with Crippen LogP contribution in [0.2, 0.25) is 0 Å². The van der Waals surface area contributed by atoms with Crippen molar-refractivity contribution >= 4 is 15.8 Å². The molecule has 2 rings (SSSR count). The van der Waals surface area contributed by atoms with Gasteiger partial charge in [0.2, 0.25) is 0 Å². The molecular formula is C10H14N2O3S. The molecule has 16 heavy (non-hydrogen) atoms. The van der Waals surface area contributed by atoms with Gasteiger partial charge in [-0.2, -0.15) is 8.42 Å². The molecule has 0 bridgehead atoms. The molecule has 0 saturated carbocycles. The van der Waals surface area contributed by atoms with Crippen molar-refractivity contribution in [2.24, 2.45) is 0 Å². The molecule has 5 nitrogen and oxygen atoms in total. The maximum Gasteiger partial charge on any atom is 0.294 e. The van der Waals surface area contributed by atoms with Crippen molar-refractivity contribution in [1.82, 2.24) is 5.32 Å². The van der Waals surface area contributed by atoms with Gasteiger partial charge in [-0.25, -0.2) is 0 Å². The minimum atomic E-state index is -4.11. The summed E-state index contributed by atoms with van der Waals surface area (Å²) >= 11 is 0. The number of hydrogen-bond donors (Lipinski definition) is 2. The van der Waals surface area contributed by atoms with Crippen LogP contribution in [0.5, 0.6) is 0 Å². The summed E-state index contributed by atoms with van der Waals surface area (Å²) in [7, 11) is -4.11. The van der Waals surface area contributed by atoms with E-state index in [2.05, 4.69) is 10.2 Å². The first kappa shape index (κ1) is 11.4. The van der Waals surface area contributed by atoms with Gasteiger partial charge < -0.3 is 10.2 Å². The molecular weight excluding hydrogens is 228 g/mol. The number of piperazine rings is 1. The van der Waals surface area contributed by atoms with Gasteiger partial charge in [0.15, 0.2) is 0 Å². The second kappa shape index (κ2) is 4.40. The molecule has 1 aliphatic heterocycles. The predicted octanol–water partition coefficient (Wildman–Crippen LogP) is 0.343. The Kier molecular flexibility index (Phi) is 3.13. The third-order valence-corrected chi connectivity index (χ3v) is 3.45. The van der Waals surface area contributed by atoms with Crippen LogP contribution in [-0.2, 0) is 10.1 Å². The maximum atomic E-state index is 11.0. The first-order valence-electron chi connectivity index (χ1n) is 5.10. The summed E-state index contributed by atoms with van der Waals surface area (Å²) in [5.41, 5.74) is 0.830. The van der Waals surface area contributed by atoms with E-state index in [1.54, 1.807) is 6.07 Å². The van der Waals surface area contributed by atoms with Gasteiger partial charge in [0.05, 0.1) is 4.90 Å². The van der Waals surface area contributed by atoms with Crippen molar-refractivity contribution in [3.63, 3.8) is 0 Å². The third kappa shape index (κ3) is 2.52.